The number of carboxylic acid groups (broad SMARTS) is 1. The van der Waals surface area contributed by atoms with Crippen LogP contribution in [0, 0.1) is 62.6 Å². The molecule has 5 saturated carbocycles. The Bertz CT molecular complexity index is 816. The highest BCUT2D eigenvalue weighted by Crippen LogP contribution is 2.78. The summed E-state index contributed by atoms with van der Waals surface area (Å²) >= 11 is 0. The van der Waals surface area contributed by atoms with Gasteiger partial charge in [-0.2, -0.15) is 0 Å². The minimum atomic E-state index is -0.620. The molecule has 5 aliphatic rings. The predicted octanol–water partition coefficient (Wildman–Crippen LogP) is 8.98. The van der Waals surface area contributed by atoms with Gasteiger partial charge in [0.1, 0.15) is 0 Å². The van der Waals surface area contributed by atoms with Crippen LogP contribution < -0.4 is 0 Å². The third kappa shape index (κ3) is 3.27. The largest absolute Gasteiger partial charge is 0.481 e. The van der Waals surface area contributed by atoms with Gasteiger partial charge in [-0.15, -0.1) is 0 Å². The Balaban J connectivity index is 1.43. The number of fused-ring (bicyclic) bond motifs is 7. The molecule has 5 fully saturated rings. The van der Waals surface area contributed by atoms with Gasteiger partial charge in [-0.25, -0.2) is 0 Å². The molecule has 0 bridgehead atoms. The average Bonchev–Trinajstić information content (AvgIpc) is 3.09. The van der Waals surface area contributed by atoms with Gasteiger partial charge >= 0.3 is 5.97 Å². The van der Waals surface area contributed by atoms with Gasteiger partial charge in [-0.1, -0.05) is 54.9 Å². The lowest BCUT2D eigenvalue weighted by Gasteiger charge is -2.73. The molecule has 0 spiro atoms. The van der Waals surface area contributed by atoms with E-state index in [1.54, 1.807) is 0 Å². The fourth-order valence-corrected chi connectivity index (χ4v) is 12.6. The fourth-order valence-electron chi connectivity index (χ4n) is 12.6. The Kier molecular flexibility index (Phi) is 5.90. The molecule has 0 radical (unpaired) electrons. The summed E-state index contributed by atoms with van der Waals surface area (Å²) in [7, 11) is 0. The molecular weight excluding hydrogens is 416 g/mol. The SMILES string of the molecule is CC(CCC(=O)O)C1CCC2(C)C1CCC1(C)C2CCC2C3(C)CCCC(C)(C)C3CCC21C. The second kappa shape index (κ2) is 7.98. The smallest absolute Gasteiger partial charge is 0.303 e. The maximum absolute atomic E-state index is 11.2. The van der Waals surface area contributed by atoms with Crippen LogP contribution in [0.4, 0.5) is 0 Å². The minimum Gasteiger partial charge on any atom is -0.481 e. The van der Waals surface area contributed by atoms with Crippen molar-refractivity contribution in [2.45, 2.75) is 132 Å². The normalized spacial score (nSPS) is 52.6. The third-order valence-corrected chi connectivity index (χ3v) is 14.3. The molecule has 0 heterocycles. The van der Waals surface area contributed by atoms with Gasteiger partial charge in [0, 0.05) is 6.42 Å². The molecule has 0 aliphatic heterocycles. The molecule has 0 saturated heterocycles. The zero-order valence-electron chi connectivity index (χ0n) is 23.5. The number of carboxylic acids is 1. The summed E-state index contributed by atoms with van der Waals surface area (Å²) in [5, 5.41) is 9.25. The Hall–Kier alpha value is -0.530. The van der Waals surface area contributed by atoms with E-state index in [2.05, 4.69) is 48.5 Å². The first-order chi connectivity index (χ1) is 15.8. The number of hydrogen-bond donors (Lipinski definition) is 1. The topological polar surface area (TPSA) is 37.3 Å². The number of aliphatic carboxylic acids is 1. The van der Waals surface area contributed by atoms with Crippen molar-refractivity contribution in [2.24, 2.45) is 62.6 Å². The standard InChI is InChI=1S/C32H54O2/c1-21(9-12-27(33)34)22-13-18-29(4)23(22)14-19-31(6)25(29)10-11-26-30(5)17-8-16-28(2,3)24(30)15-20-32(26,31)7/h21-26H,8-20H2,1-7H3,(H,33,34). The Labute approximate surface area is 210 Å². The van der Waals surface area contributed by atoms with Gasteiger partial charge in [0.05, 0.1) is 0 Å². The molecule has 2 nitrogen and oxygen atoms in total. The highest BCUT2D eigenvalue weighted by molar-refractivity contribution is 5.66. The monoisotopic (exact) mass is 470 g/mol. The summed E-state index contributed by atoms with van der Waals surface area (Å²) in [6.45, 7) is 18.5. The van der Waals surface area contributed by atoms with Crippen molar-refractivity contribution < 1.29 is 9.90 Å². The van der Waals surface area contributed by atoms with Crippen molar-refractivity contribution in [3.63, 3.8) is 0 Å². The van der Waals surface area contributed by atoms with Crippen molar-refractivity contribution in [1.82, 2.24) is 0 Å². The van der Waals surface area contributed by atoms with Gasteiger partial charge in [-0.3, -0.25) is 4.79 Å². The van der Waals surface area contributed by atoms with Crippen LogP contribution in [-0.2, 0) is 4.79 Å². The van der Waals surface area contributed by atoms with E-state index in [4.69, 9.17) is 0 Å². The fraction of sp³-hybridized carbons (Fsp3) is 0.969. The molecule has 10 unspecified atom stereocenters. The zero-order valence-corrected chi connectivity index (χ0v) is 23.5. The predicted molar refractivity (Wildman–Crippen MR) is 140 cm³/mol. The van der Waals surface area contributed by atoms with Crippen molar-refractivity contribution >= 4 is 5.97 Å². The quantitative estimate of drug-likeness (QED) is 0.445. The van der Waals surface area contributed by atoms with Gasteiger partial charge in [0.25, 0.3) is 0 Å². The summed E-state index contributed by atoms with van der Waals surface area (Å²) in [6.07, 6.45) is 16.9. The molecule has 0 aromatic heterocycles. The molecule has 10 atom stereocenters. The van der Waals surface area contributed by atoms with Gasteiger partial charge in [0.15, 0.2) is 0 Å². The Morgan fingerprint density at radius 2 is 1.38 bits per heavy atom. The second-order valence-electron chi connectivity index (χ2n) is 15.7. The highest BCUT2D eigenvalue weighted by Gasteiger charge is 2.70. The average molecular weight is 471 g/mol. The molecule has 34 heavy (non-hydrogen) atoms. The molecule has 5 aliphatic carbocycles. The summed E-state index contributed by atoms with van der Waals surface area (Å²) in [4.78, 5) is 11.2. The van der Waals surface area contributed by atoms with E-state index >= 15 is 0 Å². The van der Waals surface area contributed by atoms with Crippen LogP contribution in [0.1, 0.15) is 132 Å². The molecule has 194 valence electrons. The number of carbonyl (C=O) groups is 1. The van der Waals surface area contributed by atoms with Crippen LogP contribution in [0.2, 0.25) is 0 Å². The highest BCUT2D eigenvalue weighted by atomic mass is 16.4. The van der Waals surface area contributed by atoms with Crippen LogP contribution in [0.15, 0.2) is 0 Å². The van der Waals surface area contributed by atoms with E-state index in [0.717, 1.165) is 36.0 Å². The Morgan fingerprint density at radius 1 is 0.765 bits per heavy atom. The number of rotatable bonds is 4. The first kappa shape index (κ1) is 25.1. The van der Waals surface area contributed by atoms with Crippen LogP contribution in [0.3, 0.4) is 0 Å². The van der Waals surface area contributed by atoms with E-state index in [1.165, 1.54) is 70.6 Å². The molecule has 0 amide bonds. The first-order valence-electron chi connectivity index (χ1n) is 15.0. The van der Waals surface area contributed by atoms with E-state index in [-0.39, 0.29) is 0 Å². The van der Waals surface area contributed by atoms with E-state index in [9.17, 15) is 9.90 Å². The summed E-state index contributed by atoms with van der Waals surface area (Å²) in [5.74, 6) is 4.15. The maximum atomic E-state index is 11.2. The summed E-state index contributed by atoms with van der Waals surface area (Å²) < 4.78 is 0. The van der Waals surface area contributed by atoms with Crippen molar-refractivity contribution in [1.29, 1.82) is 0 Å². The minimum absolute atomic E-state index is 0.345. The molecule has 1 N–H and O–H groups in total. The van der Waals surface area contributed by atoms with Crippen molar-refractivity contribution in [3.05, 3.63) is 0 Å². The van der Waals surface area contributed by atoms with Crippen molar-refractivity contribution in [3.8, 4) is 0 Å². The van der Waals surface area contributed by atoms with Gasteiger partial charge in [0.2, 0.25) is 0 Å². The lowest BCUT2D eigenvalue weighted by molar-refractivity contribution is -0.241. The van der Waals surface area contributed by atoms with E-state index < -0.39 is 5.97 Å². The lowest BCUT2D eigenvalue weighted by atomic mass is 9.32. The molecule has 0 aromatic carbocycles. The van der Waals surface area contributed by atoms with Crippen LogP contribution >= 0.6 is 0 Å². The van der Waals surface area contributed by atoms with E-state index in [1.807, 2.05) is 0 Å². The van der Waals surface area contributed by atoms with Crippen molar-refractivity contribution in [2.75, 3.05) is 0 Å². The Morgan fingerprint density at radius 3 is 2.03 bits per heavy atom. The van der Waals surface area contributed by atoms with Gasteiger partial charge < -0.3 is 5.11 Å². The van der Waals surface area contributed by atoms with Crippen LogP contribution in [0.25, 0.3) is 0 Å². The maximum Gasteiger partial charge on any atom is 0.303 e. The van der Waals surface area contributed by atoms with Crippen LogP contribution in [0.5, 0.6) is 0 Å². The second-order valence-corrected chi connectivity index (χ2v) is 15.7. The zero-order chi connectivity index (χ0) is 24.7. The molecule has 5 rings (SSSR count). The third-order valence-electron chi connectivity index (χ3n) is 14.3. The summed E-state index contributed by atoms with van der Waals surface area (Å²) in [6, 6.07) is 0. The van der Waals surface area contributed by atoms with Gasteiger partial charge in [-0.05, 0) is 133 Å². The summed E-state index contributed by atoms with van der Waals surface area (Å²) in [5.41, 5.74) is 2.46. The molecule has 0 aromatic rings. The van der Waals surface area contributed by atoms with Crippen LogP contribution in [-0.4, -0.2) is 11.1 Å². The molecular formula is C32H54O2. The lowest BCUT2D eigenvalue weighted by Crippen LogP contribution is -2.65. The first-order valence-corrected chi connectivity index (χ1v) is 15.0. The number of hydrogen-bond acceptors (Lipinski definition) is 1. The molecule has 2 heteroatoms. The van der Waals surface area contributed by atoms with E-state index in [0.29, 0.717) is 39.4 Å².